The molecule has 5 aromatic rings. The molecule has 13 heteroatoms. The molecule has 1 amide bonds. The van der Waals surface area contributed by atoms with E-state index in [2.05, 4.69) is 30.0 Å². The fourth-order valence-electron chi connectivity index (χ4n) is 5.40. The third-order valence-corrected chi connectivity index (χ3v) is 7.50. The summed E-state index contributed by atoms with van der Waals surface area (Å²) >= 11 is 0. The molecule has 10 nitrogen and oxygen atoms in total. The number of nitrogens with one attached hydrogen (secondary N) is 1. The molecule has 1 fully saturated rings. The Morgan fingerprint density at radius 3 is 2.53 bits per heavy atom. The van der Waals surface area contributed by atoms with E-state index in [-0.39, 0.29) is 13.1 Å². The third kappa shape index (κ3) is 6.56. The van der Waals surface area contributed by atoms with Crippen molar-refractivity contribution in [1.82, 2.24) is 39.9 Å². The summed E-state index contributed by atoms with van der Waals surface area (Å²) in [4.78, 5) is 36.8. The molecule has 6 rings (SSSR count). The van der Waals surface area contributed by atoms with Gasteiger partial charge in [0.1, 0.15) is 24.3 Å². The highest BCUT2D eigenvalue weighted by molar-refractivity contribution is 5.82. The quantitative estimate of drug-likeness (QED) is 0.285. The fraction of sp³-hybridized carbons (Fsp3) is 0.333. The van der Waals surface area contributed by atoms with Crippen LogP contribution in [0.4, 0.5) is 13.2 Å². The SMILES string of the molecule is Cc1noc(C)c1-c1cc(-c2ccc3nc(Cc4cc(CN5CCN(C(=O)CC(F)(F)F)CC5)ccn4)[nH]c3c2)ncn1. The van der Waals surface area contributed by atoms with E-state index in [0.717, 1.165) is 56.3 Å². The molecule has 1 aliphatic rings. The predicted molar refractivity (Wildman–Crippen MR) is 152 cm³/mol. The van der Waals surface area contributed by atoms with E-state index >= 15 is 0 Å². The Kier molecular flexibility index (Phi) is 7.65. The molecule has 0 bridgehead atoms. The van der Waals surface area contributed by atoms with Crippen LogP contribution in [-0.2, 0) is 17.8 Å². The van der Waals surface area contributed by atoms with Crippen LogP contribution >= 0.6 is 0 Å². The highest BCUT2D eigenvalue weighted by atomic mass is 19.4. The second kappa shape index (κ2) is 11.6. The second-order valence-corrected chi connectivity index (χ2v) is 10.7. The number of hydrogen-bond donors (Lipinski definition) is 1. The van der Waals surface area contributed by atoms with E-state index in [1.807, 2.05) is 50.2 Å². The first-order valence-corrected chi connectivity index (χ1v) is 13.9. The van der Waals surface area contributed by atoms with E-state index in [4.69, 9.17) is 9.51 Å². The van der Waals surface area contributed by atoms with E-state index in [9.17, 15) is 18.0 Å². The van der Waals surface area contributed by atoms with Crippen molar-refractivity contribution in [1.29, 1.82) is 0 Å². The first-order valence-electron chi connectivity index (χ1n) is 13.9. The van der Waals surface area contributed by atoms with Crippen molar-refractivity contribution in [3.05, 3.63) is 77.5 Å². The maximum atomic E-state index is 12.6. The van der Waals surface area contributed by atoms with E-state index in [1.165, 1.54) is 11.2 Å². The van der Waals surface area contributed by atoms with Gasteiger partial charge in [0, 0.05) is 56.6 Å². The number of fused-ring (bicyclic) bond motifs is 1. The number of amides is 1. The number of alkyl halides is 3. The van der Waals surface area contributed by atoms with Crippen LogP contribution in [0.3, 0.4) is 0 Å². The number of aryl methyl sites for hydroxylation is 2. The summed E-state index contributed by atoms with van der Waals surface area (Å²) < 4.78 is 43.0. The number of aromatic amines is 1. The summed E-state index contributed by atoms with van der Waals surface area (Å²) in [5.41, 5.74) is 7.64. The smallest absolute Gasteiger partial charge is 0.361 e. The topological polar surface area (TPSA) is 117 Å². The van der Waals surface area contributed by atoms with Crippen molar-refractivity contribution in [2.24, 2.45) is 0 Å². The summed E-state index contributed by atoms with van der Waals surface area (Å²) in [6.45, 7) is 5.95. The Balaban J connectivity index is 1.11. The van der Waals surface area contributed by atoms with Crippen LogP contribution in [0.15, 0.2) is 53.4 Å². The van der Waals surface area contributed by atoms with E-state index in [0.29, 0.717) is 31.8 Å². The summed E-state index contributed by atoms with van der Waals surface area (Å²) in [6, 6.07) is 11.8. The largest absolute Gasteiger partial charge is 0.397 e. The lowest BCUT2D eigenvalue weighted by Crippen LogP contribution is -2.49. The zero-order chi connectivity index (χ0) is 30.1. The Bertz CT molecular complexity index is 1750. The van der Waals surface area contributed by atoms with Crippen molar-refractivity contribution in [3.8, 4) is 22.5 Å². The number of carbonyl (C=O) groups excluding carboxylic acids is 1. The lowest BCUT2D eigenvalue weighted by molar-refractivity contribution is -0.162. The molecule has 222 valence electrons. The first kappa shape index (κ1) is 28.5. The average molecular weight is 591 g/mol. The zero-order valence-electron chi connectivity index (χ0n) is 23.6. The molecular formula is C30H29F3N8O2. The molecule has 4 aromatic heterocycles. The maximum Gasteiger partial charge on any atom is 0.397 e. The number of hydrogen-bond acceptors (Lipinski definition) is 8. The summed E-state index contributed by atoms with van der Waals surface area (Å²) in [6.07, 6.45) is -2.11. The summed E-state index contributed by atoms with van der Waals surface area (Å²) in [5, 5.41) is 4.03. The van der Waals surface area contributed by atoms with E-state index in [1.54, 1.807) is 6.20 Å². The molecule has 1 N–H and O–H groups in total. The Labute approximate surface area is 245 Å². The second-order valence-electron chi connectivity index (χ2n) is 10.7. The van der Waals surface area contributed by atoms with Gasteiger partial charge in [-0.05, 0) is 49.7 Å². The average Bonchev–Trinajstić information content (AvgIpc) is 3.53. The monoisotopic (exact) mass is 590 g/mol. The molecule has 5 heterocycles. The van der Waals surface area contributed by atoms with Crippen LogP contribution in [-0.4, -0.2) is 78.1 Å². The standard InChI is InChI=1S/C30H29F3N8O2/c1-18-29(19(2)43-39-18)26-14-24(35-17-36-26)21-3-4-23-25(12-21)38-27(37-23)13-22-11-20(5-6-34-22)16-40-7-9-41(10-8-40)28(42)15-30(31,32)33/h3-6,11-12,14,17H,7-10,13,15-16H2,1-2H3,(H,37,38). The van der Waals surface area contributed by atoms with Crippen LogP contribution in [0.25, 0.3) is 33.5 Å². The van der Waals surface area contributed by atoms with Gasteiger partial charge in [0.2, 0.25) is 5.91 Å². The lowest BCUT2D eigenvalue weighted by Gasteiger charge is -2.35. The number of halogens is 3. The number of H-pyrrole nitrogens is 1. The van der Waals surface area contributed by atoms with Crippen LogP contribution in [0, 0.1) is 13.8 Å². The normalized spacial score (nSPS) is 14.5. The van der Waals surface area contributed by atoms with Crippen molar-refractivity contribution >= 4 is 16.9 Å². The summed E-state index contributed by atoms with van der Waals surface area (Å²) in [7, 11) is 0. The number of aromatic nitrogens is 6. The lowest BCUT2D eigenvalue weighted by atomic mass is 10.1. The predicted octanol–water partition coefficient (Wildman–Crippen LogP) is 4.87. The zero-order valence-corrected chi connectivity index (χ0v) is 23.6. The minimum absolute atomic E-state index is 0.282. The van der Waals surface area contributed by atoms with Crippen molar-refractivity contribution in [2.75, 3.05) is 26.2 Å². The van der Waals surface area contributed by atoms with Gasteiger partial charge in [-0.3, -0.25) is 14.7 Å². The number of rotatable bonds is 7. The van der Waals surface area contributed by atoms with Gasteiger partial charge in [-0.2, -0.15) is 13.2 Å². The van der Waals surface area contributed by atoms with Gasteiger partial charge in [-0.25, -0.2) is 15.0 Å². The van der Waals surface area contributed by atoms with E-state index < -0.39 is 18.5 Å². The van der Waals surface area contributed by atoms with Crippen molar-refractivity contribution in [3.63, 3.8) is 0 Å². The molecule has 0 radical (unpaired) electrons. The number of carbonyl (C=O) groups is 1. The number of imidazole rings is 1. The Morgan fingerprint density at radius 1 is 1.00 bits per heavy atom. The Morgan fingerprint density at radius 2 is 1.79 bits per heavy atom. The van der Waals surface area contributed by atoms with Gasteiger partial charge in [0.25, 0.3) is 0 Å². The van der Waals surface area contributed by atoms with Gasteiger partial charge in [-0.15, -0.1) is 0 Å². The molecule has 0 atom stereocenters. The van der Waals surface area contributed by atoms with Crippen molar-refractivity contribution < 1.29 is 22.5 Å². The van der Waals surface area contributed by atoms with Crippen molar-refractivity contribution in [2.45, 2.75) is 39.4 Å². The highest BCUT2D eigenvalue weighted by Gasteiger charge is 2.34. The third-order valence-electron chi connectivity index (χ3n) is 7.50. The van der Waals surface area contributed by atoms with Crippen LogP contribution in [0.2, 0.25) is 0 Å². The van der Waals surface area contributed by atoms with Gasteiger partial charge < -0.3 is 14.4 Å². The minimum atomic E-state index is -4.48. The molecule has 43 heavy (non-hydrogen) atoms. The Hall–Kier alpha value is -4.65. The molecule has 0 saturated carbocycles. The van der Waals surface area contributed by atoms with Crippen LogP contribution in [0.5, 0.6) is 0 Å². The molecule has 1 aromatic carbocycles. The van der Waals surface area contributed by atoms with Gasteiger partial charge >= 0.3 is 6.18 Å². The minimum Gasteiger partial charge on any atom is -0.361 e. The number of pyridine rings is 1. The van der Waals surface area contributed by atoms with Crippen LogP contribution in [0.1, 0.15) is 35.0 Å². The molecule has 0 spiro atoms. The molecule has 1 saturated heterocycles. The number of piperazine rings is 1. The molecular weight excluding hydrogens is 561 g/mol. The molecule has 1 aliphatic heterocycles. The molecule has 0 aliphatic carbocycles. The summed E-state index contributed by atoms with van der Waals surface area (Å²) in [5.74, 6) is 0.607. The maximum absolute atomic E-state index is 12.6. The van der Waals surface area contributed by atoms with Gasteiger partial charge in [-0.1, -0.05) is 11.2 Å². The highest BCUT2D eigenvalue weighted by Crippen LogP contribution is 2.29. The first-order chi connectivity index (χ1) is 20.6. The fourth-order valence-corrected chi connectivity index (χ4v) is 5.40. The number of nitrogens with zero attached hydrogens (tertiary/aromatic N) is 7. The van der Waals surface area contributed by atoms with Crippen LogP contribution < -0.4 is 0 Å². The van der Waals surface area contributed by atoms with Gasteiger partial charge in [0.05, 0.1) is 33.7 Å². The number of benzene rings is 1. The van der Waals surface area contributed by atoms with Gasteiger partial charge in [0.15, 0.2) is 0 Å². The molecule has 0 unspecified atom stereocenters.